The highest BCUT2D eigenvalue weighted by molar-refractivity contribution is 7.99. The summed E-state index contributed by atoms with van der Waals surface area (Å²) in [5, 5.41) is 21.3. The topological polar surface area (TPSA) is 73.1 Å². The van der Waals surface area contributed by atoms with E-state index in [2.05, 4.69) is 15.5 Å². The SMILES string of the molecule is COc1ccc(-n2nnnc2SCCCCCO)cc1. The molecule has 0 unspecified atom stereocenters. The van der Waals surface area contributed by atoms with Crippen LogP contribution >= 0.6 is 11.8 Å². The molecule has 0 amide bonds. The van der Waals surface area contributed by atoms with Crippen LogP contribution in [0.15, 0.2) is 29.4 Å². The Kier molecular flexibility index (Phi) is 5.82. The normalized spacial score (nSPS) is 10.7. The molecule has 1 aromatic carbocycles. The molecule has 0 aliphatic carbocycles. The number of hydrogen-bond acceptors (Lipinski definition) is 6. The second-order valence-electron chi connectivity index (χ2n) is 4.20. The van der Waals surface area contributed by atoms with Crippen molar-refractivity contribution in [2.75, 3.05) is 19.5 Å². The number of rotatable bonds is 8. The second-order valence-corrected chi connectivity index (χ2v) is 5.27. The summed E-state index contributed by atoms with van der Waals surface area (Å²) in [6, 6.07) is 7.61. The van der Waals surface area contributed by atoms with Gasteiger partial charge in [0.15, 0.2) is 0 Å². The van der Waals surface area contributed by atoms with Crippen molar-refractivity contribution in [1.82, 2.24) is 20.2 Å². The van der Waals surface area contributed by atoms with Crippen LogP contribution in [0.25, 0.3) is 5.69 Å². The van der Waals surface area contributed by atoms with Gasteiger partial charge in [-0.15, -0.1) is 5.10 Å². The van der Waals surface area contributed by atoms with Gasteiger partial charge in [-0.2, -0.15) is 4.68 Å². The first kappa shape index (κ1) is 14.8. The monoisotopic (exact) mass is 294 g/mol. The van der Waals surface area contributed by atoms with E-state index in [4.69, 9.17) is 9.84 Å². The van der Waals surface area contributed by atoms with Crippen LogP contribution < -0.4 is 4.74 Å². The van der Waals surface area contributed by atoms with E-state index in [0.717, 1.165) is 41.6 Å². The van der Waals surface area contributed by atoms with Gasteiger partial charge in [-0.3, -0.25) is 0 Å². The summed E-state index contributed by atoms with van der Waals surface area (Å²) in [6.07, 6.45) is 2.91. The minimum Gasteiger partial charge on any atom is -0.497 e. The first-order valence-corrected chi connectivity index (χ1v) is 7.50. The Labute approximate surface area is 122 Å². The van der Waals surface area contributed by atoms with E-state index in [9.17, 15) is 0 Å². The molecule has 0 spiro atoms. The zero-order chi connectivity index (χ0) is 14.2. The fourth-order valence-electron chi connectivity index (χ4n) is 1.71. The predicted molar refractivity (Wildman–Crippen MR) is 77.4 cm³/mol. The van der Waals surface area contributed by atoms with Crippen LogP contribution in [0.3, 0.4) is 0 Å². The Morgan fingerprint density at radius 1 is 1.20 bits per heavy atom. The molecule has 20 heavy (non-hydrogen) atoms. The smallest absolute Gasteiger partial charge is 0.214 e. The molecule has 7 heteroatoms. The van der Waals surface area contributed by atoms with Crippen molar-refractivity contribution in [3.63, 3.8) is 0 Å². The molecule has 0 saturated carbocycles. The number of benzene rings is 1. The first-order valence-electron chi connectivity index (χ1n) is 6.51. The highest BCUT2D eigenvalue weighted by atomic mass is 32.2. The molecule has 0 bridgehead atoms. The number of tetrazole rings is 1. The quantitative estimate of drug-likeness (QED) is 0.592. The fourth-order valence-corrected chi connectivity index (χ4v) is 2.60. The second kappa shape index (κ2) is 7.86. The molecule has 0 aliphatic heterocycles. The van der Waals surface area contributed by atoms with Gasteiger partial charge >= 0.3 is 0 Å². The number of aliphatic hydroxyl groups is 1. The molecule has 2 rings (SSSR count). The number of nitrogens with zero attached hydrogens (tertiary/aromatic N) is 4. The van der Waals surface area contributed by atoms with E-state index in [1.54, 1.807) is 23.6 Å². The van der Waals surface area contributed by atoms with Gasteiger partial charge in [0.2, 0.25) is 5.16 Å². The Bertz CT molecular complexity index is 515. The third-order valence-electron chi connectivity index (χ3n) is 2.79. The van der Waals surface area contributed by atoms with Crippen LogP contribution in [0.4, 0.5) is 0 Å². The van der Waals surface area contributed by atoms with Crippen LogP contribution in [0.1, 0.15) is 19.3 Å². The summed E-state index contributed by atoms with van der Waals surface area (Å²) in [5.41, 5.74) is 0.911. The lowest BCUT2D eigenvalue weighted by atomic mass is 10.3. The molecule has 2 aromatic rings. The van der Waals surface area contributed by atoms with Crippen LogP contribution in [-0.4, -0.2) is 44.8 Å². The number of thioether (sulfide) groups is 1. The van der Waals surface area contributed by atoms with E-state index >= 15 is 0 Å². The first-order chi connectivity index (χ1) is 9.85. The van der Waals surface area contributed by atoms with Crippen molar-refractivity contribution in [1.29, 1.82) is 0 Å². The molecule has 0 radical (unpaired) electrons. The number of aliphatic hydroxyl groups excluding tert-OH is 1. The van der Waals surface area contributed by atoms with E-state index in [1.807, 2.05) is 24.3 Å². The van der Waals surface area contributed by atoms with Crippen molar-refractivity contribution >= 4 is 11.8 Å². The molecule has 0 saturated heterocycles. The third kappa shape index (κ3) is 3.94. The maximum absolute atomic E-state index is 8.73. The summed E-state index contributed by atoms with van der Waals surface area (Å²) in [7, 11) is 1.64. The highest BCUT2D eigenvalue weighted by Crippen LogP contribution is 2.21. The fraction of sp³-hybridized carbons (Fsp3) is 0.462. The molecular weight excluding hydrogens is 276 g/mol. The summed E-state index contributed by atoms with van der Waals surface area (Å²) < 4.78 is 6.85. The predicted octanol–water partition coefficient (Wildman–Crippen LogP) is 1.93. The molecule has 0 atom stereocenters. The minimum atomic E-state index is 0.258. The van der Waals surface area contributed by atoms with Gasteiger partial charge in [0, 0.05) is 12.4 Å². The molecule has 1 aromatic heterocycles. The van der Waals surface area contributed by atoms with Crippen molar-refractivity contribution in [3.8, 4) is 11.4 Å². The van der Waals surface area contributed by atoms with Crippen molar-refractivity contribution in [3.05, 3.63) is 24.3 Å². The third-order valence-corrected chi connectivity index (χ3v) is 3.80. The largest absolute Gasteiger partial charge is 0.497 e. The Hall–Kier alpha value is -1.60. The van der Waals surface area contributed by atoms with Crippen LogP contribution in [0.5, 0.6) is 5.75 Å². The number of ether oxygens (including phenoxy) is 1. The number of unbranched alkanes of at least 4 members (excludes halogenated alkanes) is 2. The Morgan fingerprint density at radius 2 is 2.00 bits per heavy atom. The van der Waals surface area contributed by atoms with Gasteiger partial charge in [0.25, 0.3) is 0 Å². The summed E-state index contributed by atoms with van der Waals surface area (Å²) >= 11 is 1.62. The molecular formula is C13H18N4O2S. The highest BCUT2D eigenvalue weighted by Gasteiger charge is 2.08. The van der Waals surface area contributed by atoms with Crippen molar-refractivity contribution in [2.24, 2.45) is 0 Å². The van der Waals surface area contributed by atoms with Crippen molar-refractivity contribution in [2.45, 2.75) is 24.4 Å². The molecule has 108 valence electrons. The van der Waals surface area contributed by atoms with E-state index in [0.29, 0.717) is 0 Å². The Morgan fingerprint density at radius 3 is 2.70 bits per heavy atom. The number of aromatic nitrogens is 4. The van der Waals surface area contributed by atoms with E-state index in [1.165, 1.54) is 0 Å². The summed E-state index contributed by atoms with van der Waals surface area (Å²) in [4.78, 5) is 0. The number of hydrogen-bond donors (Lipinski definition) is 1. The standard InChI is InChI=1S/C13H18N4O2S/c1-19-12-7-5-11(6-8-12)17-13(14-15-16-17)20-10-4-2-3-9-18/h5-8,18H,2-4,9-10H2,1H3. The lowest BCUT2D eigenvalue weighted by molar-refractivity contribution is 0.284. The lowest BCUT2D eigenvalue weighted by Crippen LogP contribution is -1.99. The van der Waals surface area contributed by atoms with Gasteiger partial charge in [-0.05, 0) is 47.5 Å². The molecule has 1 heterocycles. The van der Waals surface area contributed by atoms with Gasteiger partial charge in [0.05, 0.1) is 12.8 Å². The van der Waals surface area contributed by atoms with Gasteiger partial charge in [0.1, 0.15) is 5.75 Å². The van der Waals surface area contributed by atoms with Crippen LogP contribution in [0.2, 0.25) is 0 Å². The Balaban J connectivity index is 1.96. The van der Waals surface area contributed by atoms with E-state index in [-0.39, 0.29) is 6.61 Å². The maximum Gasteiger partial charge on any atom is 0.214 e. The van der Waals surface area contributed by atoms with Crippen LogP contribution in [0, 0.1) is 0 Å². The lowest BCUT2D eigenvalue weighted by Gasteiger charge is -2.05. The minimum absolute atomic E-state index is 0.258. The molecule has 0 fully saturated rings. The van der Waals surface area contributed by atoms with Gasteiger partial charge in [-0.25, -0.2) is 0 Å². The number of methoxy groups -OCH3 is 1. The van der Waals surface area contributed by atoms with E-state index < -0.39 is 0 Å². The van der Waals surface area contributed by atoms with Gasteiger partial charge < -0.3 is 9.84 Å². The maximum atomic E-state index is 8.73. The van der Waals surface area contributed by atoms with Gasteiger partial charge in [-0.1, -0.05) is 18.2 Å². The zero-order valence-electron chi connectivity index (χ0n) is 11.4. The molecule has 6 nitrogen and oxygen atoms in total. The summed E-state index contributed by atoms with van der Waals surface area (Å²) in [6.45, 7) is 0.258. The summed E-state index contributed by atoms with van der Waals surface area (Å²) in [5.74, 6) is 1.75. The molecule has 0 aliphatic rings. The van der Waals surface area contributed by atoms with Crippen molar-refractivity contribution < 1.29 is 9.84 Å². The molecule has 1 N–H and O–H groups in total. The average Bonchev–Trinajstić information content (AvgIpc) is 2.95. The average molecular weight is 294 g/mol. The zero-order valence-corrected chi connectivity index (χ0v) is 12.2. The van der Waals surface area contributed by atoms with Crippen LogP contribution in [-0.2, 0) is 0 Å².